The summed E-state index contributed by atoms with van der Waals surface area (Å²) in [6.07, 6.45) is 12.1. The highest BCUT2D eigenvalue weighted by atomic mass is 79.9. The van der Waals surface area contributed by atoms with Crippen molar-refractivity contribution in [2.45, 2.75) is 81.8 Å². The Kier molecular flexibility index (Phi) is 11.6. The van der Waals surface area contributed by atoms with E-state index in [0.717, 1.165) is 61.6 Å². The average molecular weight is 552 g/mol. The molecule has 2 heterocycles. The van der Waals surface area contributed by atoms with E-state index in [0.29, 0.717) is 0 Å². The van der Waals surface area contributed by atoms with Crippen LogP contribution in [0, 0.1) is 0 Å². The van der Waals surface area contributed by atoms with Gasteiger partial charge in [-0.1, -0.05) is 31.7 Å². The second kappa shape index (κ2) is 13.2. The number of likely N-dealkylation sites (tertiary alicyclic amines) is 2. The first-order valence-corrected chi connectivity index (χ1v) is 12.9. The molecule has 2 aliphatic heterocycles. The molecule has 2 saturated heterocycles. The van der Waals surface area contributed by atoms with Crippen molar-refractivity contribution in [3.63, 3.8) is 0 Å². The molecule has 1 aliphatic carbocycles. The number of hydrogen-bond donors (Lipinski definition) is 1. The molecule has 0 bridgehead atoms. The number of rotatable bonds is 6. The minimum Gasteiger partial charge on any atom is -0.496 e. The zero-order valence-corrected chi connectivity index (χ0v) is 22.7. The quantitative estimate of drug-likeness (QED) is 0.468. The summed E-state index contributed by atoms with van der Waals surface area (Å²) in [5.41, 5.74) is 0.654. The minimum atomic E-state index is -0.587. The summed E-state index contributed by atoms with van der Waals surface area (Å²) >= 11 is 3.67. The van der Waals surface area contributed by atoms with E-state index < -0.39 is 5.60 Å². The summed E-state index contributed by atoms with van der Waals surface area (Å²) in [4.78, 5) is 5.36. The predicted octanol–water partition coefficient (Wildman–Crippen LogP) is 6.03. The van der Waals surface area contributed by atoms with Gasteiger partial charge < -0.3 is 19.6 Å². The van der Waals surface area contributed by atoms with Gasteiger partial charge in [0.05, 0.1) is 17.2 Å². The van der Waals surface area contributed by atoms with E-state index in [2.05, 4.69) is 37.9 Å². The van der Waals surface area contributed by atoms with Gasteiger partial charge in [0.15, 0.2) is 0 Å². The number of halogens is 3. The molecule has 1 aromatic rings. The van der Waals surface area contributed by atoms with Gasteiger partial charge in [-0.2, -0.15) is 0 Å². The Morgan fingerprint density at radius 1 is 1.00 bits per heavy atom. The highest BCUT2D eigenvalue weighted by Gasteiger charge is 2.40. The van der Waals surface area contributed by atoms with Crippen molar-refractivity contribution in [2.75, 3.05) is 39.8 Å². The van der Waals surface area contributed by atoms with Gasteiger partial charge >= 0.3 is 0 Å². The lowest BCUT2D eigenvalue weighted by Crippen LogP contribution is -2.50. The largest absolute Gasteiger partial charge is 0.496 e. The molecule has 1 aromatic carbocycles. The Morgan fingerprint density at radius 2 is 1.62 bits per heavy atom. The summed E-state index contributed by atoms with van der Waals surface area (Å²) in [5, 5.41) is 11.7. The first-order valence-electron chi connectivity index (χ1n) is 12.1. The number of nitrogens with zero attached hydrogens (tertiary/aromatic N) is 2. The summed E-state index contributed by atoms with van der Waals surface area (Å²) in [6, 6.07) is 7.16. The van der Waals surface area contributed by atoms with Crippen LogP contribution >= 0.6 is 40.7 Å². The molecule has 1 atom stereocenters. The van der Waals surface area contributed by atoms with Crippen LogP contribution < -0.4 is 4.74 Å². The van der Waals surface area contributed by atoms with E-state index in [1.54, 1.807) is 7.11 Å². The lowest BCUT2D eigenvalue weighted by Gasteiger charge is -2.45. The molecule has 1 N–H and O–H groups in total. The lowest BCUT2D eigenvalue weighted by atomic mass is 9.72. The van der Waals surface area contributed by atoms with Gasteiger partial charge in [-0.15, -0.1) is 24.8 Å². The highest BCUT2D eigenvalue weighted by molar-refractivity contribution is 9.10. The first kappa shape index (κ1) is 28.2. The van der Waals surface area contributed by atoms with Crippen LogP contribution in [-0.2, 0) is 0 Å². The molecule has 0 spiro atoms. The van der Waals surface area contributed by atoms with Gasteiger partial charge in [0.2, 0.25) is 0 Å². The van der Waals surface area contributed by atoms with Gasteiger partial charge in [0.1, 0.15) is 5.75 Å². The Labute approximate surface area is 215 Å². The summed E-state index contributed by atoms with van der Waals surface area (Å²) < 4.78 is 6.43. The Hall–Kier alpha value is -0.0400. The minimum absolute atomic E-state index is 0. The summed E-state index contributed by atoms with van der Waals surface area (Å²) in [6.45, 7) is 5.87. The SMILES string of the molecule is COc1ccc(C(CN2CCC(N3CCCCC3)CC2)C2(O)CCCCC2)cc1Br.Cl.Cl. The van der Waals surface area contributed by atoms with Gasteiger partial charge in [-0.05, 0) is 98.3 Å². The van der Waals surface area contributed by atoms with E-state index in [1.165, 1.54) is 57.2 Å². The maximum atomic E-state index is 11.7. The monoisotopic (exact) mass is 550 g/mol. The maximum absolute atomic E-state index is 11.7. The molecule has 0 radical (unpaired) electrons. The van der Waals surface area contributed by atoms with Gasteiger partial charge in [-0.25, -0.2) is 0 Å². The Morgan fingerprint density at radius 3 is 2.22 bits per heavy atom. The van der Waals surface area contributed by atoms with Crippen LogP contribution in [0.25, 0.3) is 0 Å². The van der Waals surface area contributed by atoms with Crippen molar-refractivity contribution >= 4 is 40.7 Å². The van der Waals surface area contributed by atoms with Gasteiger partial charge in [-0.3, -0.25) is 0 Å². The fourth-order valence-corrected chi connectivity index (χ4v) is 6.56. The van der Waals surface area contributed by atoms with E-state index in [-0.39, 0.29) is 30.7 Å². The van der Waals surface area contributed by atoms with Crippen molar-refractivity contribution in [3.8, 4) is 5.75 Å². The molecular formula is C25H41BrCl2N2O2. The molecule has 3 aliphatic rings. The van der Waals surface area contributed by atoms with Gasteiger partial charge in [0, 0.05) is 18.5 Å². The van der Waals surface area contributed by atoms with Crippen LogP contribution in [0.3, 0.4) is 0 Å². The molecule has 32 heavy (non-hydrogen) atoms. The van der Waals surface area contributed by atoms with Crippen LogP contribution in [-0.4, -0.2) is 66.4 Å². The zero-order chi connectivity index (χ0) is 21.0. The smallest absolute Gasteiger partial charge is 0.133 e. The van der Waals surface area contributed by atoms with Crippen LogP contribution in [0.15, 0.2) is 22.7 Å². The number of benzene rings is 1. The number of piperidine rings is 2. The van der Waals surface area contributed by atoms with Crippen LogP contribution in [0.5, 0.6) is 5.75 Å². The molecule has 1 saturated carbocycles. The molecule has 0 aromatic heterocycles. The number of aliphatic hydroxyl groups is 1. The lowest BCUT2D eigenvalue weighted by molar-refractivity contribution is -0.0343. The van der Waals surface area contributed by atoms with Crippen LogP contribution in [0.1, 0.15) is 75.7 Å². The second-order valence-electron chi connectivity index (χ2n) is 9.74. The molecule has 4 rings (SSSR count). The highest BCUT2D eigenvalue weighted by Crippen LogP contribution is 2.42. The summed E-state index contributed by atoms with van der Waals surface area (Å²) in [7, 11) is 1.71. The second-order valence-corrected chi connectivity index (χ2v) is 10.6. The third-order valence-corrected chi connectivity index (χ3v) is 8.47. The molecule has 3 fully saturated rings. The first-order chi connectivity index (χ1) is 14.6. The number of methoxy groups -OCH3 is 1. The van der Waals surface area contributed by atoms with Crippen molar-refractivity contribution in [3.05, 3.63) is 28.2 Å². The fourth-order valence-electron chi connectivity index (χ4n) is 6.01. The zero-order valence-electron chi connectivity index (χ0n) is 19.4. The third-order valence-electron chi connectivity index (χ3n) is 7.85. The van der Waals surface area contributed by atoms with E-state index in [4.69, 9.17) is 4.74 Å². The number of hydrogen-bond acceptors (Lipinski definition) is 4. The molecule has 4 nitrogen and oxygen atoms in total. The van der Waals surface area contributed by atoms with Crippen molar-refractivity contribution in [2.24, 2.45) is 0 Å². The third kappa shape index (κ3) is 6.76. The average Bonchev–Trinajstić information content (AvgIpc) is 2.79. The molecule has 1 unspecified atom stereocenters. The van der Waals surface area contributed by atoms with Crippen molar-refractivity contribution < 1.29 is 9.84 Å². The van der Waals surface area contributed by atoms with Crippen molar-refractivity contribution in [1.82, 2.24) is 9.80 Å². The van der Waals surface area contributed by atoms with Gasteiger partial charge in [0.25, 0.3) is 0 Å². The van der Waals surface area contributed by atoms with E-state index >= 15 is 0 Å². The normalized spacial score (nSPS) is 23.6. The van der Waals surface area contributed by atoms with E-state index in [9.17, 15) is 5.11 Å². The van der Waals surface area contributed by atoms with Crippen LogP contribution in [0.4, 0.5) is 0 Å². The standard InChI is InChI=1S/C25H39BrN2O2.2ClH/c1-30-24-9-8-20(18-23(24)26)22(25(29)12-4-2-5-13-25)19-27-16-10-21(11-17-27)28-14-6-3-7-15-28;;/h8-9,18,21-22,29H,2-7,10-17,19H2,1H3;2*1H. The maximum Gasteiger partial charge on any atom is 0.133 e. The Balaban J connectivity index is 0.00000181. The van der Waals surface area contributed by atoms with Crippen molar-refractivity contribution in [1.29, 1.82) is 0 Å². The number of ether oxygens (including phenoxy) is 1. The predicted molar refractivity (Wildman–Crippen MR) is 141 cm³/mol. The molecule has 0 amide bonds. The molecule has 184 valence electrons. The molecular weight excluding hydrogens is 511 g/mol. The van der Waals surface area contributed by atoms with E-state index in [1.807, 2.05) is 6.07 Å². The topological polar surface area (TPSA) is 35.9 Å². The van der Waals surface area contributed by atoms with Crippen LogP contribution in [0.2, 0.25) is 0 Å². The fraction of sp³-hybridized carbons (Fsp3) is 0.760. The molecule has 7 heteroatoms. The Bertz CT molecular complexity index is 689. The summed E-state index contributed by atoms with van der Waals surface area (Å²) in [5.74, 6) is 1.02.